The van der Waals surface area contributed by atoms with Crippen molar-refractivity contribution in [3.8, 4) is 11.5 Å². The highest BCUT2D eigenvalue weighted by molar-refractivity contribution is 7.89. The number of aryl methyl sites for hydroxylation is 1. The third-order valence-corrected chi connectivity index (χ3v) is 7.67. The SMILES string of the molecule is Cc1ccc(S(=O)(=O)N2CCNc3ccccc3OCCOCCOc3ccccc3NCC2)cc1. The summed E-state index contributed by atoms with van der Waals surface area (Å²) in [7, 11) is -3.69. The van der Waals surface area contributed by atoms with Crippen molar-refractivity contribution in [3.63, 3.8) is 0 Å². The lowest BCUT2D eigenvalue weighted by Crippen LogP contribution is -2.38. The Morgan fingerprint density at radius 2 is 1.19 bits per heavy atom. The molecule has 1 aliphatic heterocycles. The van der Waals surface area contributed by atoms with Crippen molar-refractivity contribution in [2.45, 2.75) is 11.8 Å². The summed E-state index contributed by atoms with van der Waals surface area (Å²) >= 11 is 0. The van der Waals surface area contributed by atoms with Gasteiger partial charge in [0, 0.05) is 26.2 Å². The molecule has 9 heteroatoms. The van der Waals surface area contributed by atoms with Crippen molar-refractivity contribution < 1.29 is 22.6 Å². The molecule has 0 saturated carbocycles. The monoisotopic (exact) mass is 511 g/mol. The van der Waals surface area contributed by atoms with E-state index in [1.807, 2.05) is 67.6 Å². The fourth-order valence-corrected chi connectivity index (χ4v) is 5.28. The molecule has 4 rings (SSSR count). The molecule has 0 spiro atoms. The van der Waals surface area contributed by atoms with Crippen molar-refractivity contribution in [3.05, 3.63) is 78.4 Å². The number of sulfonamides is 1. The summed E-state index contributed by atoms with van der Waals surface area (Å²) in [5, 5.41) is 6.67. The lowest BCUT2D eigenvalue weighted by atomic mass is 10.2. The number of fused-ring (bicyclic) bond motifs is 2. The summed E-state index contributed by atoms with van der Waals surface area (Å²) in [6.07, 6.45) is 0. The van der Waals surface area contributed by atoms with E-state index in [1.54, 1.807) is 12.1 Å². The van der Waals surface area contributed by atoms with Gasteiger partial charge in [0.25, 0.3) is 0 Å². The fraction of sp³-hybridized carbons (Fsp3) is 0.333. The minimum Gasteiger partial charge on any atom is -0.489 e. The molecule has 36 heavy (non-hydrogen) atoms. The van der Waals surface area contributed by atoms with Gasteiger partial charge < -0.3 is 24.8 Å². The normalized spacial score (nSPS) is 16.5. The van der Waals surface area contributed by atoms with Gasteiger partial charge in [-0.2, -0.15) is 4.31 Å². The van der Waals surface area contributed by atoms with Gasteiger partial charge in [0.05, 0.1) is 29.5 Å². The van der Waals surface area contributed by atoms with E-state index in [0.29, 0.717) is 51.0 Å². The molecule has 0 aromatic heterocycles. The van der Waals surface area contributed by atoms with Crippen LogP contribution in [0.3, 0.4) is 0 Å². The van der Waals surface area contributed by atoms with Gasteiger partial charge in [0.2, 0.25) is 10.0 Å². The lowest BCUT2D eigenvalue weighted by molar-refractivity contribution is 0.0767. The Morgan fingerprint density at radius 3 is 1.72 bits per heavy atom. The van der Waals surface area contributed by atoms with E-state index < -0.39 is 10.0 Å². The highest BCUT2D eigenvalue weighted by Gasteiger charge is 2.24. The van der Waals surface area contributed by atoms with E-state index >= 15 is 0 Å². The van der Waals surface area contributed by atoms with Gasteiger partial charge in [-0.1, -0.05) is 42.0 Å². The Labute approximate surface area is 213 Å². The molecule has 0 amide bonds. The topological polar surface area (TPSA) is 89.1 Å². The first-order chi connectivity index (χ1) is 17.5. The standard InChI is InChI=1S/C27H33N3O5S/c1-22-10-12-23(13-11-22)36(31,32)30-16-14-28-24-6-2-4-8-26(24)34-20-18-33-19-21-35-27-9-5-3-7-25(27)29-15-17-30/h2-13,28-29H,14-21H2,1H3. The Morgan fingerprint density at radius 1 is 0.694 bits per heavy atom. The van der Waals surface area contributed by atoms with Gasteiger partial charge in [-0.25, -0.2) is 8.42 Å². The first-order valence-corrected chi connectivity index (χ1v) is 13.5. The van der Waals surface area contributed by atoms with E-state index in [-0.39, 0.29) is 18.0 Å². The second kappa shape index (κ2) is 12.6. The average molecular weight is 512 g/mol. The van der Waals surface area contributed by atoms with Crippen LogP contribution in [-0.2, 0) is 14.8 Å². The minimum atomic E-state index is -3.69. The van der Waals surface area contributed by atoms with Gasteiger partial charge in [-0.3, -0.25) is 0 Å². The molecule has 3 aromatic carbocycles. The molecule has 1 heterocycles. The molecule has 0 bridgehead atoms. The number of benzene rings is 3. The molecule has 0 atom stereocenters. The predicted octanol–water partition coefficient (Wildman–Crippen LogP) is 4.00. The molecule has 2 N–H and O–H groups in total. The van der Waals surface area contributed by atoms with Crippen LogP contribution in [0.15, 0.2) is 77.7 Å². The number of ether oxygens (including phenoxy) is 3. The third kappa shape index (κ3) is 6.90. The highest BCUT2D eigenvalue weighted by atomic mass is 32.2. The van der Waals surface area contributed by atoms with Crippen molar-refractivity contribution in [1.82, 2.24) is 4.31 Å². The summed E-state index contributed by atoms with van der Waals surface area (Å²) in [5.74, 6) is 1.39. The zero-order valence-corrected chi connectivity index (χ0v) is 21.3. The quantitative estimate of drug-likeness (QED) is 0.538. The van der Waals surface area contributed by atoms with Crippen LogP contribution in [0.25, 0.3) is 0 Å². The molecule has 0 fully saturated rings. The van der Waals surface area contributed by atoms with Crippen molar-refractivity contribution in [2.75, 3.05) is 63.2 Å². The second-order valence-corrected chi connectivity index (χ2v) is 10.3. The molecule has 0 radical (unpaired) electrons. The van der Waals surface area contributed by atoms with E-state index in [4.69, 9.17) is 14.2 Å². The van der Waals surface area contributed by atoms with E-state index in [0.717, 1.165) is 16.9 Å². The smallest absolute Gasteiger partial charge is 0.243 e. The van der Waals surface area contributed by atoms with Crippen molar-refractivity contribution in [2.24, 2.45) is 0 Å². The van der Waals surface area contributed by atoms with Gasteiger partial charge in [-0.15, -0.1) is 0 Å². The molecule has 3 aromatic rings. The Kier molecular flexibility index (Phi) is 9.05. The van der Waals surface area contributed by atoms with Crippen molar-refractivity contribution in [1.29, 1.82) is 0 Å². The van der Waals surface area contributed by atoms with Gasteiger partial charge in [0.15, 0.2) is 0 Å². The zero-order chi connectivity index (χ0) is 25.2. The first kappa shape index (κ1) is 25.8. The van der Waals surface area contributed by atoms with Crippen LogP contribution in [0, 0.1) is 6.92 Å². The van der Waals surface area contributed by atoms with Gasteiger partial charge >= 0.3 is 0 Å². The van der Waals surface area contributed by atoms with Gasteiger partial charge in [0.1, 0.15) is 24.7 Å². The largest absolute Gasteiger partial charge is 0.489 e. The molecule has 8 nitrogen and oxygen atoms in total. The van der Waals surface area contributed by atoms with Crippen molar-refractivity contribution >= 4 is 21.4 Å². The van der Waals surface area contributed by atoms with Gasteiger partial charge in [-0.05, 0) is 43.3 Å². The van der Waals surface area contributed by atoms with E-state index in [2.05, 4.69) is 10.6 Å². The Balaban J connectivity index is 1.55. The number of hydrogen-bond acceptors (Lipinski definition) is 7. The van der Waals surface area contributed by atoms with Crippen LogP contribution in [-0.4, -0.2) is 65.3 Å². The molecule has 0 aliphatic carbocycles. The molecular weight excluding hydrogens is 478 g/mol. The lowest BCUT2D eigenvalue weighted by Gasteiger charge is -2.24. The first-order valence-electron chi connectivity index (χ1n) is 12.1. The molecular formula is C27H33N3O5S. The zero-order valence-electron chi connectivity index (χ0n) is 20.5. The number of para-hydroxylation sites is 4. The van der Waals surface area contributed by atoms with Crippen LogP contribution in [0.5, 0.6) is 11.5 Å². The Bertz CT molecular complexity index is 1160. The second-order valence-electron chi connectivity index (χ2n) is 8.37. The van der Waals surface area contributed by atoms with Crippen LogP contribution < -0.4 is 20.1 Å². The number of hydrogen-bond donors (Lipinski definition) is 2. The maximum atomic E-state index is 13.5. The van der Waals surface area contributed by atoms with Crippen LogP contribution in [0.2, 0.25) is 0 Å². The Hall–Kier alpha value is -3.27. The predicted molar refractivity (Wildman–Crippen MR) is 142 cm³/mol. The maximum absolute atomic E-state index is 13.5. The van der Waals surface area contributed by atoms with E-state index in [1.165, 1.54) is 4.31 Å². The molecule has 0 saturated heterocycles. The maximum Gasteiger partial charge on any atom is 0.243 e. The minimum absolute atomic E-state index is 0.280. The fourth-order valence-electron chi connectivity index (χ4n) is 3.84. The highest BCUT2D eigenvalue weighted by Crippen LogP contribution is 2.25. The molecule has 0 unspecified atom stereocenters. The van der Waals surface area contributed by atoms with Crippen LogP contribution >= 0.6 is 0 Å². The molecule has 192 valence electrons. The summed E-state index contributed by atoms with van der Waals surface area (Å²) in [4.78, 5) is 0.280. The summed E-state index contributed by atoms with van der Waals surface area (Å²) in [6, 6.07) is 22.2. The average Bonchev–Trinajstić information content (AvgIpc) is 2.88. The van der Waals surface area contributed by atoms with Crippen LogP contribution in [0.4, 0.5) is 11.4 Å². The number of nitrogens with zero attached hydrogens (tertiary/aromatic N) is 1. The summed E-state index contributed by atoms with van der Waals surface area (Å²) < 4.78 is 46.0. The number of rotatable bonds is 2. The number of nitrogens with one attached hydrogen (secondary N) is 2. The van der Waals surface area contributed by atoms with E-state index in [9.17, 15) is 8.42 Å². The van der Waals surface area contributed by atoms with Crippen LogP contribution in [0.1, 0.15) is 5.56 Å². The molecule has 1 aliphatic rings. The number of anilines is 2. The summed E-state index contributed by atoms with van der Waals surface area (Å²) in [6.45, 7) is 4.99. The summed E-state index contributed by atoms with van der Waals surface area (Å²) in [5.41, 5.74) is 2.62. The third-order valence-electron chi connectivity index (χ3n) is 5.76.